The van der Waals surface area contributed by atoms with Gasteiger partial charge in [-0.15, -0.1) is 0 Å². The number of halogens is 2. The SMILES string of the molecule is C[C@@H](OC(=O)Cc1ccc(Cl)cc1Cl)C(=O)c1ccc2c(c1)CCC2. The first-order valence-electron chi connectivity index (χ1n) is 8.23. The monoisotopic (exact) mass is 376 g/mol. The molecule has 0 fully saturated rings. The zero-order chi connectivity index (χ0) is 18.0. The predicted molar refractivity (Wildman–Crippen MR) is 98.5 cm³/mol. The second-order valence-electron chi connectivity index (χ2n) is 6.25. The Morgan fingerprint density at radius 2 is 1.84 bits per heavy atom. The highest BCUT2D eigenvalue weighted by Gasteiger charge is 2.22. The molecule has 0 heterocycles. The Kier molecular flexibility index (Phi) is 5.45. The molecule has 0 saturated heterocycles. The molecule has 5 heteroatoms. The molecule has 0 aromatic heterocycles. The number of fused-ring (bicyclic) bond motifs is 1. The minimum Gasteiger partial charge on any atom is -0.454 e. The molecule has 1 aliphatic carbocycles. The molecule has 0 saturated carbocycles. The molecule has 0 unspecified atom stereocenters. The van der Waals surface area contributed by atoms with Crippen LogP contribution in [0, 0.1) is 0 Å². The topological polar surface area (TPSA) is 43.4 Å². The summed E-state index contributed by atoms with van der Waals surface area (Å²) in [4.78, 5) is 24.6. The summed E-state index contributed by atoms with van der Waals surface area (Å²) in [5.41, 5.74) is 3.73. The molecular formula is C20H18Cl2O3. The van der Waals surface area contributed by atoms with Crippen molar-refractivity contribution in [3.63, 3.8) is 0 Å². The van der Waals surface area contributed by atoms with E-state index in [1.54, 1.807) is 25.1 Å². The number of carbonyl (C=O) groups excluding carboxylic acids is 2. The molecule has 3 rings (SSSR count). The van der Waals surface area contributed by atoms with Crippen LogP contribution in [0.1, 0.15) is 40.4 Å². The highest BCUT2D eigenvalue weighted by Crippen LogP contribution is 2.24. The van der Waals surface area contributed by atoms with E-state index in [0.29, 0.717) is 21.2 Å². The summed E-state index contributed by atoms with van der Waals surface area (Å²) in [5, 5.41) is 0.907. The molecule has 0 spiro atoms. The lowest BCUT2D eigenvalue weighted by Crippen LogP contribution is -2.25. The second-order valence-corrected chi connectivity index (χ2v) is 7.09. The molecule has 1 atom stereocenters. The minimum atomic E-state index is -0.835. The molecular weight excluding hydrogens is 359 g/mol. The summed E-state index contributed by atoms with van der Waals surface area (Å²) in [6.07, 6.45) is 2.35. The Morgan fingerprint density at radius 3 is 2.60 bits per heavy atom. The summed E-state index contributed by atoms with van der Waals surface area (Å²) in [6, 6.07) is 10.6. The van der Waals surface area contributed by atoms with Gasteiger partial charge in [-0.25, -0.2) is 0 Å². The van der Waals surface area contributed by atoms with Crippen LogP contribution in [-0.4, -0.2) is 17.9 Å². The molecule has 0 amide bonds. The highest BCUT2D eigenvalue weighted by atomic mass is 35.5. The van der Waals surface area contributed by atoms with Crippen LogP contribution in [-0.2, 0) is 28.8 Å². The standard InChI is InChI=1S/C20H18Cl2O3/c1-12(20(24)16-6-5-13-3-2-4-14(13)9-16)25-19(23)10-15-7-8-17(21)11-18(15)22/h5-9,11-12H,2-4,10H2,1H3/t12-/m1/s1. The van der Waals surface area contributed by atoms with Gasteiger partial charge in [0.05, 0.1) is 6.42 Å². The van der Waals surface area contributed by atoms with Gasteiger partial charge >= 0.3 is 5.97 Å². The smallest absolute Gasteiger partial charge is 0.311 e. The van der Waals surface area contributed by atoms with Crippen molar-refractivity contribution < 1.29 is 14.3 Å². The molecule has 0 aliphatic heterocycles. The van der Waals surface area contributed by atoms with Crippen molar-refractivity contribution in [1.29, 1.82) is 0 Å². The van der Waals surface area contributed by atoms with Crippen molar-refractivity contribution in [2.75, 3.05) is 0 Å². The molecule has 0 bridgehead atoms. The second kappa shape index (κ2) is 7.59. The first-order chi connectivity index (χ1) is 11.9. The molecule has 25 heavy (non-hydrogen) atoms. The van der Waals surface area contributed by atoms with E-state index in [1.807, 2.05) is 18.2 Å². The lowest BCUT2D eigenvalue weighted by molar-refractivity contribution is -0.145. The van der Waals surface area contributed by atoms with Crippen molar-refractivity contribution in [2.45, 2.75) is 38.7 Å². The fourth-order valence-corrected chi connectivity index (χ4v) is 3.55. The van der Waals surface area contributed by atoms with Crippen molar-refractivity contribution in [3.8, 4) is 0 Å². The largest absolute Gasteiger partial charge is 0.454 e. The van der Waals surface area contributed by atoms with Crippen molar-refractivity contribution >= 4 is 35.0 Å². The molecule has 0 radical (unpaired) electrons. The highest BCUT2D eigenvalue weighted by molar-refractivity contribution is 6.35. The molecule has 3 nitrogen and oxygen atoms in total. The average Bonchev–Trinajstić information content (AvgIpc) is 3.04. The van der Waals surface area contributed by atoms with Crippen LogP contribution in [0.25, 0.3) is 0 Å². The van der Waals surface area contributed by atoms with Gasteiger partial charge in [-0.1, -0.05) is 41.4 Å². The molecule has 2 aromatic rings. The van der Waals surface area contributed by atoms with E-state index in [-0.39, 0.29) is 12.2 Å². The number of aryl methyl sites for hydroxylation is 2. The Hall–Kier alpha value is -1.84. The Morgan fingerprint density at radius 1 is 1.08 bits per heavy atom. The van der Waals surface area contributed by atoms with Gasteiger partial charge in [0.15, 0.2) is 6.10 Å². The zero-order valence-corrected chi connectivity index (χ0v) is 15.4. The van der Waals surface area contributed by atoms with E-state index in [9.17, 15) is 9.59 Å². The first kappa shape index (κ1) is 18.0. The van der Waals surface area contributed by atoms with Crippen LogP contribution in [0.2, 0.25) is 10.0 Å². The number of ether oxygens (including phenoxy) is 1. The molecule has 1 aliphatic rings. The minimum absolute atomic E-state index is 0.00217. The fourth-order valence-electron chi connectivity index (χ4n) is 3.07. The number of ketones is 1. The third-order valence-electron chi connectivity index (χ3n) is 4.41. The van der Waals surface area contributed by atoms with Crippen molar-refractivity contribution in [2.24, 2.45) is 0 Å². The van der Waals surface area contributed by atoms with Crippen LogP contribution in [0.4, 0.5) is 0 Å². The van der Waals surface area contributed by atoms with Crippen molar-refractivity contribution in [3.05, 3.63) is 68.7 Å². The summed E-state index contributed by atoms with van der Waals surface area (Å²) < 4.78 is 5.30. The van der Waals surface area contributed by atoms with Crippen LogP contribution >= 0.6 is 23.2 Å². The maximum absolute atomic E-state index is 12.5. The summed E-state index contributed by atoms with van der Waals surface area (Å²) in [6.45, 7) is 1.59. The normalized spacial score (nSPS) is 14.0. The van der Waals surface area contributed by atoms with Gasteiger partial charge < -0.3 is 4.74 Å². The zero-order valence-electron chi connectivity index (χ0n) is 13.9. The predicted octanol–water partition coefficient (Wildman–Crippen LogP) is 4.84. The number of Topliss-reactive ketones (excluding diaryl/α,β-unsaturated/α-hetero) is 1. The van der Waals surface area contributed by atoms with Crippen LogP contribution in [0.3, 0.4) is 0 Å². The van der Waals surface area contributed by atoms with Gasteiger partial charge in [-0.05, 0) is 61.1 Å². The van der Waals surface area contributed by atoms with Crippen LogP contribution in [0.5, 0.6) is 0 Å². The summed E-state index contributed by atoms with van der Waals surface area (Å²) in [7, 11) is 0. The van der Waals surface area contributed by atoms with Crippen LogP contribution in [0.15, 0.2) is 36.4 Å². The van der Waals surface area contributed by atoms with E-state index >= 15 is 0 Å². The van der Waals surface area contributed by atoms with Crippen LogP contribution < -0.4 is 0 Å². The third kappa shape index (κ3) is 4.23. The number of rotatable bonds is 5. The number of hydrogen-bond acceptors (Lipinski definition) is 3. The van der Waals surface area contributed by atoms with E-state index in [4.69, 9.17) is 27.9 Å². The van der Waals surface area contributed by atoms with Gasteiger partial charge in [-0.3, -0.25) is 9.59 Å². The van der Waals surface area contributed by atoms with Gasteiger partial charge in [0.2, 0.25) is 5.78 Å². The van der Waals surface area contributed by atoms with E-state index in [2.05, 4.69) is 0 Å². The van der Waals surface area contributed by atoms with Crippen molar-refractivity contribution in [1.82, 2.24) is 0 Å². The van der Waals surface area contributed by atoms with Gasteiger partial charge in [0, 0.05) is 15.6 Å². The maximum Gasteiger partial charge on any atom is 0.311 e. The molecule has 2 aromatic carbocycles. The quantitative estimate of drug-likeness (QED) is 0.553. The van der Waals surface area contributed by atoms with Gasteiger partial charge in [0.1, 0.15) is 0 Å². The third-order valence-corrected chi connectivity index (χ3v) is 5.00. The Balaban J connectivity index is 1.63. The molecule has 0 N–H and O–H groups in total. The number of hydrogen-bond donors (Lipinski definition) is 0. The number of benzene rings is 2. The lowest BCUT2D eigenvalue weighted by Gasteiger charge is -2.13. The summed E-state index contributed by atoms with van der Waals surface area (Å²) in [5.74, 6) is -0.684. The first-order valence-corrected chi connectivity index (χ1v) is 8.99. The number of esters is 1. The van der Waals surface area contributed by atoms with Gasteiger partial charge in [-0.2, -0.15) is 0 Å². The lowest BCUT2D eigenvalue weighted by atomic mass is 10.0. The summed E-state index contributed by atoms with van der Waals surface area (Å²) >= 11 is 11.9. The fraction of sp³-hybridized carbons (Fsp3) is 0.300. The van der Waals surface area contributed by atoms with E-state index < -0.39 is 12.1 Å². The molecule has 130 valence electrons. The van der Waals surface area contributed by atoms with Gasteiger partial charge in [0.25, 0.3) is 0 Å². The van der Waals surface area contributed by atoms with E-state index in [0.717, 1.165) is 19.3 Å². The maximum atomic E-state index is 12.5. The average molecular weight is 377 g/mol. The Bertz CT molecular complexity index is 830. The number of carbonyl (C=O) groups is 2. The van der Waals surface area contributed by atoms with E-state index in [1.165, 1.54) is 11.1 Å². The Labute approximate surface area is 156 Å².